The summed E-state index contributed by atoms with van der Waals surface area (Å²) in [5.74, 6) is -1.50. The van der Waals surface area contributed by atoms with Crippen LogP contribution in [0.5, 0.6) is 11.5 Å². The van der Waals surface area contributed by atoms with Gasteiger partial charge in [-0.2, -0.15) is 13.2 Å². The monoisotopic (exact) mass is 490 g/mol. The molecular formula is C25H25F3N2O5. The Morgan fingerprint density at radius 3 is 1.86 bits per heavy atom. The van der Waals surface area contributed by atoms with Gasteiger partial charge in [0.05, 0.1) is 0 Å². The van der Waals surface area contributed by atoms with Gasteiger partial charge in [0.25, 0.3) is 0 Å². The van der Waals surface area contributed by atoms with Crippen LogP contribution in [-0.4, -0.2) is 49.5 Å². The first-order valence-electron chi connectivity index (χ1n) is 10.5. The minimum Gasteiger partial charge on any atom is -0.492 e. The van der Waals surface area contributed by atoms with E-state index in [2.05, 4.69) is 5.32 Å². The Kier molecular flexibility index (Phi) is 10.6. The third-order valence-electron chi connectivity index (χ3n) is 4.42. The number of hydrogen-bond donors (Lipinski definition) is 3. The number of primary amides is 1. The number of carbonyl (C=O) groups excluding carboxylic acids is 1. The molecule has 186 valence electrons. The summed E-state index contributed by atoms with van der Waals surface area (Å²) in [5, 5.41) is 10.4. The third-order valence-corrected chi connectivity index (χ3v) is 4.42. The second-order valence-corrected chi connectivity index (χ2v) is 7.03. The lowest BCUT2D eigenvalue weighted by atomic mass is 10.0. The molecule has 10 heteroatoms. The predicted octanol–water partition coefficient (Wildman–Crippen LogP) is 4.13. The molecule has 35 heavy (non-hydrogen) atoms. The topological polar surface area (TPSA) is 111 Å². The van der Waals surface area contributed by atoms with Crippen LogP contribution in [0.3, 0.4) is 0 Å². The fourth-order valence-corrected chi connectivity index (χ4v) is 2.72. The Hall–Kier alpha value is -4.05. The summed E-state index contributed by atoms with van der Waals surface area (Å²) in [6, 6.07) is 24.8. The van der Waals surface area contributed by atoms with Gasteiger partial charge in [-0.25, -0.2) is 4.79 Å². The average Bonchev–Trinajstić information content (AvgIpc) is 2.84. The fourth-order valence-electron chi connectivity index (χ4n) is 2.72. The van der Waals surface area contributed by atoms with Crippen molar-refractivity contribution in [3.63, 3.8) is 0 Å². The number of carbonyl (C=O) groups is 2. The summed E-state index contributed by atoms with van der Waals surface area (Å²) in [4.78, 5) is 20.2. The number of para-hydroxylation sites is 1. The summed E-state index contributed by atoms with van der Waals surface area (Å²) in [7, 11) is 0. The molecule has 1 amide bonds. The van der Waals surface area contributed by atoms with Gasteiger partial charge in [0.15, 0.2) is 0 Å². The highest BCUT2D eigenvalue weighted by Gasteiger charge is 2.38. The van der Waals surface area contributed by atoms with E-state index in [0.717, 1.165) is 35.7 Å². The van der Waals surface area contributed by atoms with E-state index in [1.807, 2.05) is 66.7 Å². The van der Waals surface area contributed by atoms with Crippen LogP contribution in [0.2, 0.25) is 0 Å². The highest BCUT2D eigenvalue weighted by molar-refractivity contribution is 5.94. The first-order valence-corrected chi connectivity index (χ1v) is 10.5. The number of rotatable bonds is 10. The molecule has 0 aliphatic carbocycles. The lowest BCUT2D eigenvalue weighted by molar-refractivity contribution is -0.192. The molecule has 0 heterocycles. The zero-order valence-electron chi connectivity index (χ0n) is 18.6. The predicted molar refractivity (Wildman–Crippen MR) is 124 cm³/mol. The number of amides is 1. The van der Waals surface area contributed by atoms with Crippen molar-refractivity contribution >= 4 is 11.9 Å². The maximum Gasteiger partial charge on any atom is 0.490 e. The second-order valence-electron chi connectivity index (χ2n) is 7.03. The minimum atomic E-state index is -5.08. The van der Waals surface area contributed by atoms with Gasteiger partial charge in [0.1, 0.15) is 24.7 Å². The number of hydrogen-bond acceptors (Lipinski definition) is 5. The molecule has 0 atom stereocenters. The highest BCUT2D eigenvalue weighted by Crippen LogP contribution is 2.23. The number of ether oxygens (including phenoxy) is 2. The van der Waals surface area contributed by atoms with Gasteiger partial charge in [0, 0.05) is 18.7 Å². The number of alkyl halides is 3. The van der Waals surface area contributed by atoms with E-state index in [-0.39, 0.29) is 0 Å². The molecule has 0 spiro atoms. The number of aliphatic carboxylic acids is 1. The van der Waals surface area contributed by atoms with Crippen molar-refractivity contribution in [2.24, 2.45) is 5.73 Å². The maximum absolute atomic E-state index is 11.3. The molecule has 3 aromatic rings. The lowest BCUT2D eigenvalue weighted by Gasteiger charge is -2.10. The smallest absolute Gasteiger partial charge is 0.490 e. The number of nitrogens with one attached hydrogen (secondary N) is 1. The standard InChI is InChI=1S/C23H24N2O3.C2HF3O2/c24-23(26)20-6-4-5-19(17-20)18-9-11-22(12-10-18)28-16-14-25-13-15-27-21-7-2-1-3-8-21;3-2(4,5)1(6)7/h1-12,17,25H,13-16H2,(H2,24,26);(H,6,7). The lowest BCUT2D eigenvalue weighted by Crippen LogP contribution is -2.25. The summed E-state index contributed by atoms with van der Waals surface area (Å²) in [6.07, 6.45) is -5.08. The van der Waals surface area contributed by atoms with Crippen molar-refractivity contribution in [1.82, 2.24) is 5.32 Å². The minimum absolute atomic E-state index is 0.427. The van der Waals surface area contributed by atoms with E-state index in [1.54, 1.807) is 12.1 Å². The molecule has 0 saturated carbocycles. The Morgan fingerprint density at radius 1 is 0.800 bits per heavy atom. The third kappa shape index (κ3) is 10.2. The van der Waals surface area contributed by atoms with E-state index in [1.165, 1.54) is 0 Å². The molecule has 0 aliphatic heterocycles. The van der Waals surface area contributed by atoms with Gasteiger partial charge < -0.3 is 25.6 Å². The van der Waals surface area contributed by atoms with Gasteiger partial charge in [-0.05, 0) is 47.5 Å². The van der Waals surface area contributed by atoms with Crippen molar-refractivity contribution in [2.75, 3.05) is 26.3 Å². The molecule has 4 N–H and O–H groups in total. The first kappa shape index (κ1) is 27.2. The molecule has 3 aromatic carbocycles. The van der Waals surface area contributed by atoms with Crippen LogP contribution < -0.4 is 20.5 Å². The average molecular weight is 490 g/mol. The fraction of sp³-hybridized carbons (Fsp3) is 0.200. The largest absolute Gasteiger partial charge is 0.492 e. The van der Waals surface area contributed by atoms with E-state index in [9.17, 15) is 18.0 Å². The summed E-state index contributed by atoms with van der Waals surface area (Å²) in [6.45, 7) is 2.68. The molecule has 7 nitrogen and oxygen atoms in total. The van der Waals surface area contributed by atoms with Crippen LogP contribution in [0.25, 0.3) is 11.1 Å². The number of carboxylic acid groups (broad SMARTS) is 1. The molecule has 0 unspecified atom stereocenters. The summed E-state index contributed by atoms with van der Waals surface area (Å²) < 4.78 is 43.1. The molecule has 0 radical (unpaired) electrons. The highest BCUT2D eigenvalue weighted by atomic mass is 19.4. The van der Waals surface area contributed by atoms with Crippen molar-refractivity contribution in [3.05, 3.63) is 84.4 Å². The Balaban J connectivity index is 0.000000540. The Labute approximate surface area is 200 Å². The zero-order valence-corrected chi connectivity index (χ0v) is 18.6. The van der Waals surface area contributed by atoms with Crippen LogP contribution in [0.1, 0.15) is 10.4 Å². The van der Waals surface area contributed by atoms with Crippen LogP contribution >= 0.6 is 0 Å². The van der Waals surface area contributed by atoms with E-state index < -0.39 is 18.1 Å². The number of carboxylic acids is 1. The van der Waals surface area contributed by atoms with Crippen molar-refractivity contribution < 1.29 is 37.3 Å². The second kappa shape index (κ2) is 13.6. The maximum atomic E-state index is 11.3. The summed E-state index contributed by atoms with van der Waals surface area (Å²) >= 11 is 0. The van der Waals surface area contributed by atoms with Gasteiger partial charge in [-0.1, -0.05) is 42.5 Å². The van der Waals surface area contributed by atoms with E-state index in [4.69, 9.17) is 25.1 Å². The molecule has 3 rings (SSSR count). The first-order chi connectivity index (χ1) is 16.7. The normalized spacial score (nSPS) is 10.6. The van der Waals surface area contributed by atoms with Crippen LogP contribution in [0, 0.1) is 0 Å². The van der Waals surface area contributed by atoms with Crippen molar-refractivity contribution in [1.29, 1.82) is 0 Å². The van der Waals surface area contributed by atoms with Crippen LogP contribution in [-0.2, 0) is 4.79 Å². The van der Waals surface area contributed by atoms with Gasteiger partial charge in [0.2, 0.25) is 5.91 Å². The molecule has 0 aliphatic rings. The van der Waals surface area contributed by atoms with Crippen LogP contribution in [0.4, 0.5) is 13.2 Å². The number of nitrogens with two attached hydrogens (primary N) is 1. The quantitative estimate of drug-likeness (QED) is 0.369. The number of halogens is 3. The molecule has 0 fully saturated rings. The molecule has 0 bridgehead atoms. The van der Waals surface area contributed by atoms with Gasteiger partial charge in [-0.3, -0.25) is 4.79 Å². The van der Waals surface area contributed by atoms with Crippen molar-refractivity contribution in [2.45, 2.75) is 6.18 Å². The molecule has 0 aromatic heterocycles. The Morgan fingerprint density at radius 2 is 1.34 bits per heavy atom. The molecular weight excluding hydrogens is 465 g/mol. The van der Waals surface area contributed by atoms with Gasteiger partial charge >= 0.3 is 12.1 Å². The molecule has 0 saturated heterocycles. The van der Waals surface area contributed by atoms with Crippen LogP contribution in [0.15, 0.2) is 78.9 Å². The SMILES string of the molecule is NC(=O)c1cccc(-c2ccc(OCCNCCOc3ccccc3)cc2)c1.O=C(O)C(F)(F)F. The van der Waals surface area contributed by atoms with Crippen molar-refractivity contribution in [3.8, 4) is 22.6 Å². The Bertz CT molecular complexity index is 1070. The zero-order chi connectivity index (χ0) is 25.7. The number of benzene rings is 3. The van der Waals surface area contributed by atoms with E-state index in [0.29, 0.717) is 18.8 Å². The van der Waals surface area contributed by atoms with E-state index >= 15 is 0 Å². The van der Waals surface area contributed by atoms with Gasteiger partial charge in [-0.15, -0.1) is 0 Å². The summed E-state index contributed by atoms with van der Waals surface area (Å²) in [5.41, 5.74) is 7.79.